The van der Waals surface area contributed by atoms with Gasteiger partial charge in [0.1, 0.15) is 5.82 Å². The van der Waals surface area contributed by atoms with Crippen molar-refractivity contribution in [1.29, 1.82) is 0 Å². The molecule has 0 aliphatic rings. The number of nitrogens with one attached hydrogen (secondary N) is 2. The fourth-order valence-electron chi connectivity index (χ4n) is 3.43. The van der Waals surface area contributed by atoms with Gasteiger partial charge in [-0.05, 0) is 36.1 Å². The van der Waals surface area contributed by atoms with Crippen molar-refractivity contribution in [3.05, 3.63) is 89.5 Å². The lowest BCUT2D eigenvalue weighted by molar-refractivity contribution is 0.0827. The molecule has 0 aliphatic heterocycles. The maximum atomic E-state index is 12.2. The van der Waals surface area contributed by atoms with E-state index in [1.807, 2.05) is 42.7 Å². The lowest BCUT2D eigenvalue weighted by Crippen LogP contribution is -2.38. The van der Waals surface area contributed by atoms with Crippen LogP contribution in [0.4, 0.5) is 0 Å². The second-order valence-corrected chi connectivity index (χ2v) is 7.77. The zero-order valence-corrected chi connectivity index (χ0v) is 19.1. The van der Waals surface area contributed by atoms with Crippen molar-refractivity contribution < 1.29 is 4.79 Å². The monoisotopic (exact) mass is 432 g/mol. The Morgan fingerprint density at radius 2 is 1.81 bits per heavy atom. The van der Waals surface area contributed by atoms with Crippen LogP contribution in [0.25, 0.3) is 0 Å². The summed E-state index contributed by atoms with van der Waals surface area (Å²) in [7, 11) is 5.28. The average Bonchev–Trinajstić information content (AvgIpc) is 3.27. The number of guanidine groups is 1. The summed E-state index contributed by atoms with van der Waals surface area (Å²) in [5, 5.41) is 6.67. The van der Waals surface area contributed by atoms with Gasteiger partial charge in [0.15, 0.2) is 5.96 Å². The smallest absolute Gasteiger partial charge is 0.253 e. The van der Waals surface area contributed by atoms with E-state index >= 15 is 0 Å². The molecular weight excluding hydrogens is 400 g/mol. The first-order chi connectivity index (χ1) is 15.6. The number of benzene rings is 2. The number of amides is 1. The minimum atomic E-state index is 0.0139. The molecule has 3 aromatic rings. The second kappa shape index (κ2) is 11.7. The molecule has 0 atom stereocenters. The molecular formula is C25H32N6O. The third kappa shape index (κ3) is 6.70. The van der Waals surface area contributed by atoms with Gasteiger partial charge in [-0.3, -0.25) is 9.79 Å². The standard InChI is InChI=1S/C25H32N6O/c1-26-25(28-14-12-21-10-7-11-22(18-21)24(32)30(2)3)29-19-23-27-15-17-31(23)16-13-20-8-5-4-6-9-20/h4-11,15,17-18H,12-14,16,19H2,1-3H3,(H2,26,28,29). The normalized spacial score (nSPS) is 11.3. The Bertz CT molecular complexity index is 1030. The molecule has 0 fully saturated rings. The highest BCUT2D eigenvalue weighted by atomic mass is 16.2. The number of aliphatic imine (C=N–C) groups is 1. The van der Waals surface area contributed by atoms with Crippen LogP contribution in [0, 0.1) is 0 Å². The van der Waals surface area contributed by atoms with Crippen LogP contribution >= 0.6 is 0 Å². The van der Waals surface area contributed by atoms with Crippen LogP contribution in [0.3, 0.4) is 0 Å². The minimum absolute atomic E-state index is 0.0139. The van der Waals surface area contributed by atoms with E-state index in [-0.39, 0.29) is 5.91 Å². The zero-order chi connectivity index (χ0) is 22.8. The van der Waals surface area contributed by atoms with Crippen molar-refractivity contribution in [2.45, 2.75) is 25.9 Å². The predicted octanol–water partition coefficient (Wildman–Crippen LogP) is 2.74. The lowest BCUT2D eigenvalue weighted by atomic mass is 10.1. The maximum absolute atomic E-state index is 12.2. The van der Waals surface area contributed by atoms with E-state index in [1.165, 1.54) is 5.56 Å². The molecule has 32 heavy (non-hydrogen) atoms. The van der Waals surface area contributed by atoms with Crippen molar-refractivity contribution in [2.24, 2.45) is 4.99 Å². The third-order valence-corrected chi connectivity index (χ3v) is 5.21. The van der Waals surface area contributed by atoms with Gasteiger partial charge in [0, 0.05) is 52.2 Å². The molecule has 0 unspecified atom stereocenters. The van der Waals surface area contributed by atoms with E-state index in [9.17, 15) is 4.79 Å². The first-order valence-electron chi connectivity index (χ1n) is 10.9. The molecule has 0 spiro atoms. The predicted molar refractivity (Wildman–Crippen MR) is 129 cm³/mol. The number of nitrogens with zero attached hydrogens (tertiary/aromatic N) is 4. The van der Waals surface area contributed by atoms with E-state index in [4.69, 9.17) is 0 Å². The van der Waals surface area contributed by atoms with E-state index in [2.05, 4.69) is 49.4 Å². The summed E-state index contributed by atoms with van der Waals surface area (Å²) in [6, 6.07) is 18.2. The van der Waals surface area contributed by atoms with Crippen LogP contribution in [-0.4, -0.2) is 54.0 Å². The summed E-state index contributed by atoms with van der Waals surface area (Å²) in [6.45, 7) is 2.19. The largest absolute Gasteiger partial charge is 0.356 e. The molecule has 0 saturated carbocycles. The Morgan fingerprint density at radius 1 is 1.03 bits per heavy atom. The van der Waals surface area contributed by atoms with Crippen molar-refractivity contribution in [3.63, 3.8) is 0 Å². The fraction of sp³-hybridized carbons (Fsp3) is 0.320. The number of carbonyl (C=O) groups excluding carboxylic acids is 1. The van der Waals surface area contributed by atoms with Gasteiger partial charge in [-0.15, -0.1) is 0 Å². The molecule has 168 valence electrons. The highest BCUT2D eigenvalue weighted by Gasteiger charge is 2.09. The molecule has 0 saturated heterocycles. The Morgan fingerprint density at radius 3 is 2.56 bits per heavy atom. The zero-order valence-electron chi connectivity index (χ0n) is 19.1. The molecule has 1 aromatic heterocycles. The highest BCUT2D eigenvalue weighted by molar-refractivity contribution is 5.94. The summed E-state index contributed by atoms with van der Waals surface area (Å²) >= 11 is 0. The third-order valence-electron chi connectivity index (χ3n) is 5.21. The van der Waals surface area contributed by atoms with Crippen molar-refractivity contribution >= 4 is 11.9 Å². The number of aromatic nitrogens is 2. The summed E-state index contributed by atoms with van der Waals surface area (Å²) in [6.07, 6.45) is 5.60. The Balaban J connectivity index is 1.46. The molecule has 3 rings (SSSR count). The molecule has 2 N–H and O–H groups in total. The number of aryl methyl sites for hydroxylation is 2. The fourth-order valence-corrected chi connectivity index (χ4v) is 3.43. The van der Waals surface area contributed by atoms with Gasteiger partial charge in [-0.2, -0.15) is 0 Å². The van der Waals surface area contributed by atoms with Crippen LogP contribution in [0.2, 0.25) is 0 Å². The molecule has 0 bridgehead atoms. The molecule has 2 aromatic carbocycles. The van der Waals surface area contributed by atoms with Crippen molar-refractivity contribution in [1.82, 2.24) is 25.1 Å². The van der Waals surface area contributed by atoms with Crippen LogP contribution in [0.5, 0.6) is 0 Å². The van der Waals surface area contributed by atoms with Crippen molar-refractivity contribution in [3.8, 4) is 0 Å². The molecule has 1 heterocycles. The molecule has 7 nitrogen and oxygen atoms in total. The Labute approximate surface area is 190 Å². The van der Waals surface area contributed by atoms with Crippen LogP contribution in [-0.2, 0) is 25.9 Å². The number of imidazole rings is 1. The highest BCUT2D eigenvalue weighted by Crippen LogP contribution is 2.08. The topological polar surface area (TPSA) is 74.6 Å². The van der Waals surface area contributed by atoms with Crippen LogP contribution < -0.4 is 10.6 Å². The molecule has 7 heteroatoms. The minimum Gasteiger partial charge on any atom is -0.356 e. The average molecular weight is 433 g/mol. The first kappa shape index (κ1) is 23.1. The molecule has 0 aliphatic carbocycles. The Kier molecular flexibility index (Phi) is 8.43. The summed E-state index contributed by atoms with van der Waals surface area (Å²) in [4.78, 5) is 22.5. The van der Waals surface area contributed by atoms with E-state index in [0.29, 0.717) is 18.7 Å². The van der Waals surface area contributed by atoms with Gasteiger partial charge in [0.2, 0.25) is 0 Å². The summed E-state index contributed by atoms with van der Waals surface area (Å²) in [5.74, 6) is 1.71. The SMILES string of the molecule is CN=C(NCCc1cccc(C(=O)N(C)C)c1)NCc1nccn1CCc1ccccc1. The molecule has 1 amide bonds. The van der Waals surface area contributed by atoms with Crippen LogP contribution in [0.15, 0.2) is 72.0 Å². The number of hydrogen-bond acceptors (Lipinski definition) is 3. The van der Waals surface area contributed by atoms with Gasteiger partial charge in [0.25, 0.3) is 5.91 Å². The number of hydrogen-bond donors (Lipinski definition) is 2. The quantitative estimate of drug-likeness (QED) is 0.403. The first-order valence-corrected chi connectivity index (χ1v) is 10.9. The van der Waals surface area contributed by atoms with E-state index in [1.54, 1.807) is 26.0 Å². The van der Waals surface area contributed by atoms with Crippen molar-refractivity contribution in [2.75, 3.05) is 27.7 Å². The maximum Gasteiger partial charge on any atom is 0.253 e. The summed E-state index contributed by atoms with van der Waals surface area (Å²) < 4.78 is 2.17. The van der Waals surface area contributed by atoms with Crippen LogP contribution in [0.1, 0.15) is 27.3 Å². The van der Waals surface area contributed by atoms with Gasteiger partial charge in [-0.1, -0.05) is 42.5 Å². The summed E-state index contributed by atoms with van der Waals surface area (Å²) in [5.41, 5.74) is 3.13. The van der Waals surface area contributed by atoms with Gasteiger partial charge in [-0.25, -0.2) is 4.98 Å². The number of rotatable bonds is 9. The van der Waals surface area contributed by atoms with E-state index in [0.717, 1.165) is 36.7 Å². The second-order valence-electron chi connectivity index (χ2n) is 7.77. The molecule has 0 radical (unpaired) electrons. The number of carbonyl (C=O) groups is 1. The lowest BCUT2D eigenvalue weighted by Gasteiger charge is -2.14. The van der Waals surface area contributed by atoms with Gasteiger partial charge < -0.3 is 20.1 Å². The van der Waals surface area contributed by atoms with Gasteiger partial charge >= 0.3 is 0 Å². The van der Waals surface area contributed by atoms with Gasteiger partial charge in [0.05, 0.1) is 6.54 Å². The Hall–Kier alpha value is -3.61. The van der Waals surface area contributed by atoms with E-state index < -0.39 is 0 Å².